The summed E-state index contributed by atoms with van der Waals surface area (Å²) in [4.78, 5) is 20.1. The van der Waals surface area contributed by atoms with E-state index in [-0.39, 0.29) is 5.97 Å². The van der Waals surface area contributed by atoms with Crippen molar-refractivity contribution in [1.29, 1.82) is 0 Å². The molecular formula is C12H22O5. The summed E-state index contributed by atoms with van der Waals surface area (Å²) in [5, 5.41) is 0. The predicted molar refractivity (Wildman–Crippen MR) is 64.6 cm³/mol. The van der Waals surface area contributed by atoms with Gasteiger partial charge in [-0.25, -0.2) is 4.79 Å². The van der Waals surface area contributed by atoms with Gasteiger partial charge in [-0.2, -0.15) is 0 Å². The molecule has 0 aliphatic carbocycles. The van der Waals surface area contributed by atoms with Crippen LogP contribution in [0, 0.1) is 0 Å². The van der Waals surface area contributed by atoms with Crippen LogP contribution in [0.25, 0.3) is 0 Å². The van der Waals surface area contributed by atoms with Crippen LogP contribution in [0.4, 0.5) is 0 Å². The second-order valence-electron chi connectivity index (χ2n) is 3.03. The van der Waals surface area contributed by atoms with Crippen LogP contribution in [0.5, 0.6) is 0 Å². The summed E-state index contributed by atoms with van der Waals surface area (Å²) >= 11 is 0. The van der Waals surface area contributed by atoms with Gasteiger partial charge in [-0.3, -0.25) is 4.79 Å². The topological polar surface area (TPSA) is 61.8 Å². The lowest BCUT2D eigenvalue weighted by Gasteiger charge is -2.02. The summed E-state index contributed by atoms with van der Waals surface area (Å²) in [5.41, 5.74) is 0. The van der Waals surface area contributed by atoms with Crippen LogP contribution < -0.4 is 0 Å². The van der Waals surface area contributed by atoms with E-state index in [1.807, 2.05) is 0 Å². The first-order valence-electron chi connectivity index (χ1n) is 5.49. The van der Waals surface area contributed by atoms with Crippen LogP contribution >= 0.6 is 0 Å². The summed E-state index contributed by atoms with van der Waals surface area (Å²) in [7, 11) is 1.31. The third-order valence-corrected chi connectivity index (χ3v) is 1.54. The highest BCUT2D eigenvalue weighted by atomic mass is 16.6. The van der Waals surface area contributed by atoms with Gasteiger partial charge in [0.25, 0.3) is 0 Å². The molecule has 5 heteroatoms. The Hall–Kier alpha value is -1.36. The van der Waals surface area contributed by atoms with E-state index in [1.165, 1.54) is 14.0 Å². The molecular weight excluding hydrogens is 224 g/mol. The van der Waals surface area contributed by atoms with Crippen molar-refractivity contribution in [3.63, 3.8) is 0 Å². The lowest BCUT2D eigenvalue weighted by Crippen LogP contribution is -2.07. The average Bonchev–Trinajstić information content (AvgIpc) is 2.33. The maximum absolute atomic E-state index is 10.3. The van der Waals surface area contributed by atoms with Gasteiger partial charge >= 0.3 is 11.9 Å². The van der Waals surface area contributed by atoms with Gasteiger partial charge in [0.15, 0.2) is 0 Å². The van der Waals surface area contributed by atoms with E-state index < -0.39 is 5.97 Å². The Kier molecular flexibility index (Phi) is 15.5. The van der Waals surface area contributed by atoms with Gasteiger partial charge in [0.05, 0.1) is 13.7 Å². The van der Waals surface area contributed by atoms with E-state index in [0.29, 0.717) is 13.2 Å². The minimum absolute atomic E-state index is 0.246. The van der Waals surface area contributed by atoms with E-state index in [9.17, 15) is 9.59 Å². The Labute approximate surface area is 103 Å². The summed E-state index contributed by atoms with van der Waals surface area (Å²) < 4.78 is 13.9. The molecule has 0 aliphatic heterocycles. The number of esters is 2. The van der Waals surface area contributed by atoms with Crippen LogP contribution in [0.3, 0.4) is 0 Å². The fourth-order valence-corrected chi connectivity index (χ4v) is 0.676. The fourth-order valence-electron chi connectivity index (χ4n) is 0.676. The SMILES string of the molecule is C=CC(=O)OC.CCCCOCCOC(C)=O. The van der Waals surface area contributed by atoms with Crippen molar-refractivity contribution < 1.29 is 23.8 Å². The zero-order valence-electron chi connectivity index (χ0n) is 10.9. The van der Waals surface area contributed by atoms with Crippen molar-refractivity contribution in [2.45, 2.75) is 26.7 Å². The van der Waals surface area contributed by atoms with Crippen molar-refractivity contribution in [2.24, 2.45) is 0 Å². The monoisotopic (exact) mass is 246 g/mol. The van der Waals surface area contributed by atoms with Gasteiger partial charge < -0.3 is 14.2 Å². The molecule has 0 fully saturated rings. The molecule has 0 saturated heterocycles. The van der Waals surface area contributed by atoms with Crippen LogP contribution in [0.15, 0.2) is 12.7 Å². The normalized spacial score (nSPS) is 8.65. The highest BCUT2D eigenvalue weighted by Gasteiger charge is 1.91. The van der Waals surface area contributed by atoms with Crippen LogP contribution in [0.1, 0.15) is 26.7 Å². The van der Waals surface area contributed by atoms with E-state index >= 15 is 0 Å². The zero-order chi connectivity index (χ0) is 13.5. The summed E-state index contributed by atoms with van der Waals surface area (Å²) in [5.74, 6) is -0.640. The molecule has 0 aromatic rings. The average molecular weight is 246 g/mol. The molecule has 0 rings (SSSR count). The predicted octanol–water partition coefficient (Wildman–Crippen LogP) is 1.71. The summed E-state index contributed by atoms with van der Waals surface area (Å²) in [6, 6.07) is 0. The number of carbonyl (C=O) groups excluding carboxylic acids is 2. The molecule has 17 heavy (non-hydrogen) atoms. The molecule has 0 radical (unpaired) electrons. The Balaban J connectivity index is 0. The van der Waals surface area contributed by atoms with Crippen molar-refractivity contribution in [3.8, 4) is 0 Å². The van der Waals surface area contributed by atoms with Crippen LogP contribution in [0.2, 0.25) is 0 Å². The maximum atomic E-state index is 10.3. The number of rotatable bonds is 7. The first-order valence-corrected chi connectivity index (χ1v) is 5.49. The zero-order valence-corrected chi connectivity index (χ0v) is 10.9. The highest BCUT2D eigenvalue weighted by Crippen LogP contribution is 1.87. The molecule has 100 valence electrons. The highest BCUT2D eigenvalue weighted by molar-refractivity contribution is 5.80. The van der Waals surface area contributed by atoms with Gasteiger partial charge in [0.1, 0.15) is 6.61 Å². The van der Waals surface area contributed by atoms with Crippen molar-refractivity contribution >= 4 is 11.9 Å². The van der Waals surface area contributed by atoms with Gasteiger partial charge in [0.2, 0.25) is 0 Å². The summed E-state index contributed by atoms with van der Waals surface area (Å²) in [6.45, 7) is 8.31. The van der Waals surface area contributed by atoms with E-state index in [4.69, 9.17) is 4.74 Å². The standard InChI is InChI=1S/C8H16O3.C4H6O2/c1-3-4-5-10-6-7-11-8(2)9;1-3-4(5)6-2/h3-7H2,1-2H3;3H,1H2,2H3. The van der Waals surface area contributed by atoms with Crippen molar-refractivity contribution in [2.75, 3.05) is 26.9 Å². The first kappa shape index (κ1) is 18.0. The lowest BCUT2D eigenvalue weighted by molar-refractivity contribution is -0.142. The first-order chi connectivity index (χ1) is 8.08. The minimum Gasteiger partial charge on any atom is -0.466 e. The molecule has 0 bridgehead atoms. The van der Waals surface area contributed by atoms with Gasteiger partial charge in [-0.05, 0) is 6.42 Å². The third kappa shape index (κ3) is 20.7. The summed E-state index contributed by atoms with van der Waals surface area (Å²) in [6.07, 6.45) is 3.31. The molecule has 0 aliphatic rings. The number of hydrogen-bond acceptors (Lipinski definition) is 5. The second-order valence-corrected chi connectivity index (χ2v) is 3.03. The Morgan fingerprint density at radius 1 is 1.24 bits per heavy atom. The number of methoxy groups -OCH3 is 1. The van der Waals surface area contributed by atoms with E-state index in [2.05, 4.69) is 23.0 Å². The lowest BCUT2D eigenvalue weighted by atomic mass is 10.4. The van der Waals surface area contributed by atoms with Gasteiger partial charge in [0, 0.05) is 19.6 Å². The molecule has 5 nitrogen and oxygen atoms in total. The Morgan fingerprint density at radius 3 is 2.24 bits per heavy atom. The fraction of sp³-hybridized carbons (Fsp3) is 0.667. The Bertz CT molecular complexity index is 213. The third-order valence-electron chi connectivity index (χ3n) is 1.54. The number of hydrogen-bond donors (Lipinski definition) is 0. The molecule has 0 spiro atoms. The molecule has 0 atom stereocenters. The van der Waals surface area contributed by atoms with Gasteiger partial charge in [-0.15, -0.1) is 0 Å². The Morgan fingerprint density at radius 2 is 1.88 bits per heavy atom. The largest absolute Gasteiger partial charge is 0.466 e. The van der Waals surface area contributed by atoms with E-state index in [1.54, 1.807) is 0 Å². The molecule has 0 unspecified atom stereocenters. The second kappa shape index (κ2) is 14.6. The van der Waals surface area contributed by atoms with Crippen molar-refractivity contribution in [3.05, 3.63) is 12.7 Å². The molecule has 0 heterocycles. The number of unbranched alkanes of at least 4 members (excludes halogenated alkanes) is 1. The smallest absolute Gasteiger partial charge is 0.329 e. The maximum Gasteiger partial charge on any atom is 0.329 e. The van der Waals surface area contributed by atoms with Crippen LogP contribution in [-0.2, 0) is 23.8 Å². The molecule has 0 N–H and O–H groups in total. The number of carbonyl (C=O) groups is 2. The molecule has 0 aromatic carbocycles. The van der Waals surface area contributed by atoms with Gasteiger partial charge in [-0.1, -0.05) is 19.9 Å². The van der Waals surface area contributed by atoms with Crippen LogP contribution in [-0.4, -0.2) is 38.9 Å². The van der Waals surface area contributed by atoms with Crippen molar-refractivity contribution in [1.82, 2.24) is 0 Å². The van der Waals surface area contributed by atoms with E-state index in [0.717, 1.165) is 25.5 Å². The minimum atomic E-state index is -0.394. The quantitative estimate of drug-likeness (QED) is 0.389. The molecule has 0 saturated carbocycles. The molecule has 0 aromatic heterocycles. The number of ether oxygens (including phenoxy) is 3. The molecule has 0 amide bonds.